The first kappa shape index (κ1) is 18.2. The van der Waals surface area contributed by atoms with Gasteiger partial charge in [-0.2, -0.15) is 0 Å². The summed E-state index contributed by atoms with van der Waals surface area (Å²) in [6, 6.07) is 15.6. The van der Waals surface area contributed by atoms with Gasteiger partial charge in [0.2, 0.25) is 5.91 Å². The molecule has 1 aliphatic heterocycles. The van der Waals surface area contributed by atoms with Crippen LogP contribution in [-0.4, -0.2) is 16.7 Å². The van der Waals surface area contributed by atoms with Gasteiger partial charge in [-0.1, -0.05) is 36.8 Å². The molecule has 0 radical (unpaired) electrons. The highest BCUT2D eigenvalue weighted by atomic mass is 32.1. The van der Waals surface area contributed by atoms with Crippen LogP contribution in [0.2, 0.25) is 0 Å². The van der Waals surface area contributed by atoms with Crippen molar-refractivity contribution in [3.05, 3.63) is 59.6 Å². The molecule has 5 rings (SSSR count). The third-order valence-electron chi connectivity index (χ3n) is 5.35. The molecule has 1 amide bonds. The second-order valence-corrected chi connectivity index (χ2v) is 8.43. The van der Waals surface area contributed by atoms with Gasteiger partial charge >= 0.3 is 0 Å². The molecule has 1 N–H and O–H groups in total. The summed E-state index contributed by atoms with van der Waals surface area (Å²) >= 11 is 1.55. The van der Waals surface area contributed by atoms with Crippen molar-refractivity contribution in [2.24, 2.45) is 0 Å². The molecule has 0 saturated heterocycles. The summed E-state index contributed by atoms with van der Waals surface area (Å²) in [6.45, 7) is 0. The molecule has 1 aliphatic carbocycles. The minimum Gasteiger partial charge on any atom is -0.448 e. The molecule has 148 valence electrons. The van der Waals surface area contributed by atoms with Gasteiger partial charge in [0.1, 0.15) is 5.01 Å². The Morgan fingerprint density at radius 3 is 2.66 bits per heavy atom. The van der Waals surface area contributed by atoms with E-state index in [9.17, 15) is 4.79 Å². The predicted molar refractivity (Wildman–Crippen MR) is 113 cm³/mol. The molecule has 3 aromatic rings. The lowest BCUT2D eigenvalue weighted by Crippen LogP contribution is -2.40. The Kier molecular flexibility index (Phi) is 4.72. The minimum atomic E-state index is -0.502. The average molecular weight is 407 g/mol. The summed E-state index contributed by atoms with van der Waals surface area (Å²) in [6.07, 6.45) is 5.54. The lowest BCUT2D eigenvalue weighted by atomic mass is 9.94. The molecule has 2 aliphatic rings. The molecule has 1 spiro atoms. The summed E-state index contributed by atoms with van der Waals surface area (Å²) in [5, 5.41) is 5.81. The Bertz CT molecular complexity index is 1030. The molecule has 0 atom stereocenters. The maximum absolute atomic E-state index is 12.5. The van der Waals surface area contributed by atoms with Crippen molar-refractivity contribution < 1.29 is 14.3 Å². The zero-order chi connectivity index (χ0) is 19.7. The highest BCUT2D eigenvalue weighted by Gasteiger charge is 2.42. The van der Waals surface area contributed by atoms with Crippen LogP contribution in [0.15, 0.2) is 53.9 Å². The van der Waals surface area contributed by atoms with Crippen LogP contribution in [0.1, 0.15) is 37.8 Å². The highest BCUT2D eigenvalue weighted by molar-refractivity contribution is 7.13. The fourth-order valence-corrected chi connectivity index (χ4v) is 4.76. The number of amides is 1. The monoisotopic (exact) mass is 406 g/mol. The van der Waals surface area contributed by atoms with E-state index in [1.807, 2.05) is 53.9 Å². The summed E-state index contributed by atoms with van der Waals surface area (Å²) in [7, 11) is 0. The molecule has 1 fully saturated rings. The van der Waals surface area contributed by atoms with Crippen molar-refractivity contribution in [2.45, 2.75) is 44.3 Å². The van der Waals surface area contributed by atoms with Crippen molar-refractivity contribution in [1.29, 1.82) is 0 Å². The first-order valence-corrected chi connectivity index (χ1v) is 10.9. The zero-order valence-corrected chi connectivity index (χ0v) is 16.8. The van der Waals surface area contributed by atoms with Gasteiger partial charge in [0.25, 0.3) is 5.79 Å². The van der Waals surface area contributed by atoms with Crippen LogP contribution < -0.4 is 14.8 Å². The van der Waals surface area contributed by atoms with Crippen LogP contribution in [0.25, 0.3) is 10.6 Å². The third kappa shape index (κ3) is 3.85. The van der Waals surface area contributed by atoms with Crippen LogP contribution in [0.4, 0.5) is 5.69 Å². The van der Waals surface area contributed by atoms with Crippen molar-refractivity contribution in [2.75, 3.05) is 5.32 Å². The van der Waals surface area contributed by atoms with Gasteiger partial charge in [0.05, 0.1) is 12.1 Å². The van der Waals surface area contributed by atoms with Gasteiger partial charge in [0.15, 0.2) is 11.5 Å². The lowest BCUT2D eigenvalue weighted by Gasteiger charge is -2.31. The maximum atomic E-state index is 12.5. The van der Waals surface area contributed by atoms with E-state index >= 15 is 0 Å². The Morgan fingerprint density at radius 1 is 1.03 bits per heavy atom. The third-order valence-corrected chi connectivity index (χ3v) is 6.29. The lowest BCUT2D eigenvalue weighted by molar-refractivity contribution is -0.115. The smallest absolute Gasteiger partial charge is 0.251 e. The topological polar surface area (TPSA) is 60.5 Å². The van der Waals surface area contributed by atoms with Crippen LogP contribution in [0.5, 0.6) is 11.5 Å². The largest absolute Gasteiger partial charge is 0.448 e. The summed E-state index contributed by atoms with van der Waals surface area (Å²) in [5.74, 6) is 0.875. The van der Waals surface area contributed by atoms with E-state index in [-0.39, 0.29) is 12.3 Å². The first-order chi connectivity index (χ1) is 14.2. The normalized spacial score (nSPS) is 16.7. The number of nitrogens with zero attached hydrogens (tertiary/aromatic N) is 1. The number of ether oxygens (including phenoxy) is 2. The second-order valence-electron chi connectivity index (χ2n) is 7.57. The first-order valence-electron chi connectivity index (χ1n) is 10.0. The van der Waals surface area contributed by atoms with E-state index < -0.39 is 5.79 Å². The SMILES string of the molecule is O=C(Cc1csc(-c2ccccc2)n1)Nc1ccc2c(c1)OC1(CCCCC1)O2. The molecule has 6 heteroatoms. The maximum Gasteiger partial charge on any atom is 0.251 e. The average Bonchev–Trinajstić information content (AvgIpc) is 3.33. The Labute approximate surface area is 173 Å². The predicted octanol–water partition coefficient (Wildman–Crippen LogP) is 5.42. The molecule has 2 heterocycles. The van der Waals surface area contributed by atoms with E-state index in [0.29, 0.717) is 11.4 Å². The van der Waals surface area contributed by atoms with Crippen molar-refractivity contribution in [3.8, 4) is 22.1 Å². The molecule has 2 aromatic carbocycles. The number of hydrogen-bond acceptors (Lipinski definition) is 5. The fraction of sp³-hybridized carbons (Fsp3) is 0.304. The summed E-state index contributed by atoms with van der Waals surface area (Å²) in [5.41, 5.74) is 2.55. The van der Waals surface area contributed by atoms with E-state index in [0.717, 1.165) is 47.7 Å². The van der Waals surface area contributed by atoms with Gasteiger partial charge in [-0.25, -0.2) is 4.98 Å². The van der Waals surface area contributed by atoms with Crippen molar-refractivity contribution in [3.63, 3.8) is 0 Å². The van der Waals surface area contributed by atoms with Crippen LogP contribution in [0, 0.1) is 0 Å². The van der Waals surface area contributed by atoms with E-state index in [1.54, 1.807) is 11.3 Å². The standard InChI is InChI=1S/C23H22N2O3S/c26-21(14-18-15-29-22(25-18)16-7-3-1-4-8-16)24-17-9-10-19-20(13-17)28-23(27-19)11-5-2-6-12-23/h1,3-4,7-10,13,15H,2,5-6,11-12,14H2,(H,24,26). The molecular weight excluding hydrogens is 384 g/mol. The Hall–Kier alpha value is -2.86. The van der Waals surface area contributed by atoms with E-state index in [4.69, 9.17) is 9.47 Å². The Balaban J connectivity index is 1.23. The van der Waals surface area contributed by atoms with Crippen molar-refractivity contribution >= 4 is 22.9 Å². The second kappa shape index (κ2) is 7.52. The van der Waals surface area contributed by atoms with Crippen LogP contribution >= 0.6 is 11.3 Å². The highest BCUT2D eigenvalue weighted by Crippen LogP contribution is 2.46. The number of benzene rings is 2. The van der Waals surface area contributed by atoms with Gasteiger partial charge in [-0.15, -0.1) is 11.3 Å². The Morgan fingerprint density at radius 2 is 1.83 bits per heavy atom. The number of rotatable bonds is 4. The molecular formula is C23H22N2O3S. The van der Waals surface area contributed by atoms with Gasteiger partial charge in [-0.3, -0.25) is 4.79 Å². The number of aromatic nitrogens is 1. The van der Waals surface area contributed by atoms with E-state index in [2.05, 4.69) is 10.3 Å². The minimum absolute atomic E-state index is 0.0962. The number of thiazole rings is 1. The number of fused-ring (bicyclic) bond motifs is 1. The van der Waals surface area contributed by atoms with Crippen LogP contribution in [-0.2, 0) is 11.2 Å². The molecule has 0 bridgehead atoms. The van der Waals surface area contributed by atoms with Gasteiger partial charge < -0.3 is 14.8 Å². The van der Waals surface area contributed by atoms with Crippen molar-refractivity contribution in [1.82, 2.24) is 4.98 Å². The molecule has 5 nitrogen and oxygen atoms in total. The number of carbonyl (C=O) groups is 1. The molecule has 0 unspecified atom stereocenters. The zero-order valence-electron chi connectivity index (χ0n) is 16.0. The summed E-state index contributed by atoms with van der Waals surface area (Å²) in [4.78, 5) is 17.1. The molecule has 29 heavy (non-hydrogen) atoms. The molecule has 1 saturated carbocycles. The molecule has 1 aromatic heterocycles. The quantitative estimate of drug-likeness (QED) is 0.628. The van der Waals surface area contributed by atoms with E-state index in [1.165, 1.54) is 6.42 Å². The number of anilines is 1. The van der Waals surface area contributed by atoms with Gasteiger partial charge in [-0.05, 0) is 25.0 Å². The van der Waals surface area contributed by atoms with Crippen LogP contribution in [0.3, 0.4) is 0 Å². The van der Waals surface area contributed by atoms with Gasteiger partial charge in [0, 0.05) is 35.5 Å². The summed E-state index contributed by atoms with van der Waals surface area (Å²) < 4.78 is 12.2. The number of hydrogen-bond donors (Lipinski definition) is 1. The number of nitrogens with one attached hydrogen (secondary N) is 1. The fourth-order valence-electron chi connectivity index (χ4n) is 3.94. The number of carbonyl (C=O) groups excluding carboxylic acids is 1.